The molecule has 3 heteroatoms. The molecule has 0 spiro atoms. The third-order valence-corrected chi connectivity index (χ3v) is 4.37. The zero-order chi connectivity index (χ0) is 11.3. The average Bonchev–Trinajstić information content (AvgIpc) is 2.91. The van der Waals surface area contributed by atoms with Gasteiger partial charge in [0.25, 0.3) is 0 Å². The number of hydrogen-bond acceptors (Lipinski definition) is 2. The molecule has 0 aliphatic heterocycles. The van der Waals surface area contributed by atoms with E-state index in [-0.39, 0.29) is 5.54 Å². The number of hydrogen-bond donors (Lipinski definition) is 0. The van der Waals surface area contributed by atoms with Crippen molar-refractivity contribution < 1.29 is 0 Å². The van der Waals surface area contributed by atoms with Crippen LogP contribution >= 0.6 is 0 Å². The minimum Gasteiger partial charge on any atom is -0.312 e. The molecular formula is C13H21N3. The fraction of sp³-hybridized carbons (Fsp3) is 0.846. The Labute approximate surface area is 97.3 Å². The van der Waals surface area contributed by atoms with Crippen molar-refractivity contribution in [2.75, 3.05) is 0 Å². The Morgan fingerprint density at radius 2 is 2.06 bits per heavy atom. The molecule has 0 N–H and O–H groups in total. The molecule has 1 aromatic rings. The second-order valence-corrected chi connectivity index (χ2v) is 6.51. The van der Waals surface area contributed by atoms with E-state index in [0.717, 1.165) is 11.8 Å². The van der Waals surface area contributed by atoms with E-state index in [2.05, 4.69) is 35.5 Å². The number of aromatic nitrogens is 3. The molecule has 2 bridgehead atoms. The zero-order valence-corrected chi connectivity index (χ0v) is 10.5. The Morgan fingerprint density at radius 1 is 1.25 bits per heavy atom. The van der Waals surface area contributed by atoms with Crippen LogP contribution in [-0.2, 0) is 5.54 Å². The van der Waals surface area contributed by atoms with Gasteiger partial charge in [0.1, 0.15) is 12.2 Å². The summed E-state index contributed by atoms with van der Waals surface area (Å²) >= 11 is 0. The lowest BCUT2D eigenvalue weighted by Gasteiger charge is -2.27. The maximum Gasteiger partial charge on any atom is 0.136 e. The lowest BCUT2D eigenvalue weighted by Crippen LogP contribution is -2.26. The van der Waals surface area contributed by atoms with Gasteiger partial charge in [0.15, 0.2) is 0 Å². The van der Waals surface area contributed by atoms with E-state index in [1.165, 1.54) is 31.5 Å². The van der Waals surface area contributed by atoms with Crippen molar-refractivity contribution in [2.45, 2.75) is 57.9 Å². The van der Waals surface area contributed by atoms with Crippen LogP contribution in [0.3, 0.4) is 0 Å². The van der Waals surface area contributed by atoms with Crippen molar-refractivity contribution in [3.05, 3.63) is 12.2 Å². The molecule has 3 atom stereocenters. The number of nitrogens with zero attached hydrogens (tertiary/aromatic N) is 3. The Morgan fingerprint density at radius 3 is 2.62 bits per heavy atom. The highest BCUT2D eigenvalue weighted by Crippen LogP contribution is 2.52. The lowest BCUT2D eigenvalue weighted by atomic mass is 9.87. The van der Waals surface area contributed by atoms with Crippen LogP contribution in [0.25, 0.3) is 0 Å². The molecule has 1 heterocycles. The summed E-state index contributed by atoms with van der Waals surface area (Å²) in [4.78, 5) is 0. The molecule has 2 saturated carbocycles. The van der Waals surface area contributed by atoms with Gasteiger partial charge in [-0.3, -0.25) is 0 Å². The van der Waals surface area contributed by atoms with E-state index < -0.39 is 0 Å². The van der Waals surface area contributed by atoms with E-state index in [4.69, 9.17) is 0 Å². The summed E-state index contributed by atoms with van der Waals surface area (Å²) in [7, 11) is 0. The van der Waals surface area contributed by atoms with E-state index >= 15 is 0 Å². The van der Waals surface area contributed by atoms with E-state index in [0.29, 0.717) is 5.92 Å². The first-order chi connectivity index (χ1) is 7.55. The molecule has 3 unspecified atom stereocenters. The van der Waals surface area contributed by atoms with Crippen LogP contribution in [0.2, 0.25) is 0 Å². The molecule has 3 nitrogen and oxygen atoms in total. The SMILES string of the molecule is CC(C)(C)n1cnnc1C1CC2CCC1C2. The van der Waals surface area contributed by atoms with E-state index in [9.17, 15) is 0 Å². The summed E-state index contributed by atoms with van der Waals surface area (Å²) in [6.07, 6.45) is 7.54. The Balaban J connectivity index is 1.93. The monoisotopic (exact) mass is 219 g/mol. The van der Waals surface area contributed by atoms with Crippen LogP contribution in [0.1, 0.15) is 58.2 Å². The van der Waals surface area contributed by atoms with Gasteiger partial charge < -0.3 is 4.57 Å². The molecule has 2 aliphatic rings. The van der Waals surface area contributed by atoms with Crippen molar-refractivity contribution in [3.8, 4) is 0 Å². The van der Waals surface area contributed by atoms with Crippen LogP contribution in [0.4, 0.5) is 0 Å². The van der Waals surface area contributed by atoms with Gasteiger partial charge in [0, 0.05) is 11.5 Å². The molecule has 0 amide bonds. The highest BCUT2D eigenvalue weighted by molar-refractivity contribution is 5.08. The molecule has 2 aliphatic carbocycles. The zero-order valence-electron chi connectivity index (χ0n) is 10.5. The quantitative estimate of drug-likeness (QED) is 0.727. The van der Waals surface area contributed by atoms with Crippen LogP contribution in [0, 0.1) is 11.8 Å². The van der Waals surface area contributed by atoms with Crippen molar-refractivity contribution in [3.63, 3.8) is 0 Å². The first kappa shape index (κ1) is 10.3. The van der Waals surface area contributed by atoms with Crippen molar-refractivity contribution in [1.29, 1.82) is 0 Å². The highest BCUT2D eigenvalue weighted by Gasteiger charge is 2.42. The minimum absolute atomic E-state index is 0.112. The Hall–Kier alpha value is -0.860. The third kappa shape index (κ3) is 1.48. The van der Waals surface area contributed by atoms with E-state index in [1.807, 2.05) is 6.33 Å². The first-order valence-electron chi connectivity index (χ1n) is 6.46. The van der Waals surface area contributed by atoms with Gasteiger partial charge >= 0.3 is 0 Å². The maximum atomic E-state index is 4.40. The maximum absolute atomic E-state index is 4.40. The summed E-state index contributed by atoms with van der Waals surface area (Å²) in [5.74, 6) is 3.77. The van der Waals surface area contributed by atoms with Gasteiger partial charge in [-0.05, 0) is 51.9 Å². The lowest BCUT2D eigenvalue weighted by molar-refractivity contribution is 0.335. The van der Waals surface area contributed by atoms with E-state index in [1.54, 1.807) is 0 Å². The van der Waals surface area contributed by atoms with Crippen LogP contribution in [-0.4, -0.2) is 14.8 Å². The summed E-state index contributed by atoms with van der Waals surface area (Å²) in [6.45, 7) is 6.69. The molecule has 88 valence electrons. The summed E-state index contributed by atoms with van der Waals surface area (Å²) < 4.78 is 2.28. The Kier molecular flexibility index (Phi) is 2.13. The number of fused-ring (bicyclic) bond motifs is 2. The van der Waals surface area contributed by atoms with Crippen LogP contribution in [0.15, 0.2) is 6.33 Å². The highest BCUT2D eigenvalue weighted by atomic mass is 15.3. The van der Waals surface area contributed by atoms with Crippen LogP contribution < -0.4 is 0 Å². The predicted molar refractivity (Wildman–Crippen MR) is 63.2 cm³/mol. The van der Waals surface area contributed by atoms with Gasteiger partial charge in [0.05, 0.1) is 0 Å². The summed E-state index contributed by atoms with van der Waals surface area (Å²) in [6, 6.07) is 0. The molecule has 0 radical (unpaired) electrons. The molecule has 3 rings (SSSR count). The fourth-order valence-corrected chi connectivity index (χ4v) is 3.57. The summed E-state index contributed by atoms with van der Waals surface area (Å²) in [5, 5.41) is 8.53. The fourth-order valence-electron chi connectivity index (χ4n) is 3.57. The second-order valence-electron chi connectivity index (χ2n) is 6.51. The largest absolute Gasteiger partial charge is 0.312 e. The van der Waals surface area contributed by atoms with Crippen LogP contribution in [0.5, 0.6) is 0 Å². The van der Waals surface area contributed by atoms with Crippen molar-refractivity contribution in [1.82, 2.24) is 14.8 Å². The molecule has 1 aromatic heterocycles. The average molecular weight is 219 g/mol. The smallest absolute Gasteiger partial charge is 0.136 e. The minimum atomic E-state index is 0.112. The first-order valence-corrected chi connectivity index (χ1v) is 6.46. The normalized spacial score (nSPS) is 33.6. The number of rotatable bonds is 1. The third-order valence-electron chi connectivity index (χ3n) is 4.37. The van der Waals surface area contributed by atoms with Gasteiger partial charge in [-0.2, -0.15) is 0 Å². The topological polar surface area (TPSA) is 30.7 Å². The van der Waals surface area contributed by atoms with Gasteiger partial charge in [-0.25, -0.2) is 0 Å². The van der Waals surface area contributed by atoms with Crippen molar-refractivity contribution in [2.24, 2.45) is 11.8 Å². The molecular weight excluding hydrogens is 198 g/mol. The standard InChI is InChI=1S/C13H21N3/c1-13(2,3)16-8-14-15-12(16)11-7-9-4-5-10(11)6-9/h8-11H,4-7H2,1-3H3. The molecule has 2 fully saturated rings. The molecule has 16 heavy (non-hydrogen) atoms. The predicted octanol–water partition coefficient (Wildman–Crippen LogP) is 2.94. The van der Waals surface area contributed by atoms with Crippen molar-refractivity contribution >= 4 is 0 Å². The molecule has 0 aromatic carbocycles. The van der Waals surface area contributed by atoms with Gasteiger partial charge in [-0.1, -0.05) is 6.42 Å². The Bertz CT molecular complexity index is 388. The molecule has 0 saturated heterocycles. The van der Waals surface area contributed by atoms with Gasteiger partial charge in [-0.15, -0.1) is 10.2 Å². The van der Waals surface area contributed by atoms with Gasteiger partial charge in [0.2, 0.25) is 0 Å². The summed E-state index contributed by atoms with van der Waals surface area (Å²) in [5.41, 5.74) is 0.112. The second kappa shape index (κ2) is 3.31.